The van der Waals surface area contributed by atoms with Crippen molar-refractivity contribution >= 4 is 11.8 Å². The van der Waals surface area contributed by atoms with E-state index in [-0.39, 0.29) is 11.8 Å². The van der Waals surface area contributed by atoms with Crippen LogP contribution in [0.15, 0.2) is 0 Å². The van der Waals surface area contributed by atoms with E-state index in [1.54, 1.807) is 0 Å². The van der Waals surface area contributed by atoms with Gasteiger partial charge in [-0.15, -0.1) is 0 Å². The molecule has 1 N–H and O–H groups in total. The first-order chi connectivity index (χ1) is 10.5. The first-order valence-corrected chi connectivity index (χ1v) is 8.81. The number of carbonyl (C=O) groups is 2. The number of nitrogens with zero attached hydrogens (tertiary/aromatic N) is 2. The highest BCUT2D eigenvalue weighted by Crippen LogP contribution is 2.21. The van der Waals surface area contributed by atoms with Crippen molar-refractivity contribution in [3.63, 3.8) is 0 Å². The molecule has 0 spiro atoms. The molecule has 2 heterocycles. The van der Waals surface area contributed by atoms with E-state index in [1.807, 2.05) is 4.90 Å². The lowest BCUT2D eigenvalue weighted by Crippen LogP contribution is -2.43. The number of amides is 2. The molecule has 5 heteroatoms. The quantitative estimate of drug-likeness (QED) is 0.808. The molecule has 2 unspecified atom stereocenters. The summed E-state index contributed by atoms with van der Waals surface area (Å²) in [4.78, 5) is 28.4. The molecule has 0 aromatic carbocycles. The molecule has 0 aliphatic carbocycles. The normalized spacial score (nSPS) is 26.2. The number of nitrogens with one attached hydrogen (secondary N) is 1. The Hall–Kier alpha value is -1.10. The summed E-state index contributed by atoms with van der Waals surface area (Å²) >= 11 is 0. The summed E-state index contributed by atoms with van der Waals surface area (Å²) in [6.45, 7) is 10.0. The number of hydrogen-bond donors (Lipinski definition) is 1. The molecule has 2 aliphatic rings. The molecule has 22 heavy (non-hydrogen) atoms. The van der Waals surface area contributed by atoms with Crippen molar-refractivity contribution in [2.45, 2.75) is 46.0 Å². The van der Waals surface area contributed by atoms with Crippen molar-refractivity contribution < 1.29 is 9.59 Å². The number of likely N-dealkylation sites (tertiary alicyclic amines) is 2. The lowest BCUT2D eigenvalue weighted by Gasteiger charge is -2.35. The number of piperidine rings is 1. The van der Waals surface area contributed by atoms with E-state index in [0.29, 0.717) is 31.2 Å². The third kappa shape index (κ3) is 5.59. The van der Waals surface area contributed by atoms with Crippen LogP contribution in [0.4, 0.5) is 0 Å². The van der Waals surface area contributed by atoms with Gasteiger partial charge in [-0.05, 0) is 44.2 Å². The minimum absolute atomic E-state index is 0.00523. The molecule has 2 fully saturated rings. The minimum atomic E-state index is 0.00523. The molecular formula is C17H31N3O2. The SMILES string of the molecule is CC1CC(C)CN(C(=O)CCC(=O)NCCN2CCCC2)C1. The molecule has 0 aromatic heterocycles. The van der Waals surface area contributed by atoms with E-state index in [4.69, 9.17) is 0 Å². The van der Waals surface area contributed by atoms with Gasteiger partial charge in [-0.25, -0.2) is 0 Å². The summed E-state index contributed by atoms with van der Waals surface area (Å²) in [7, 11) is 0. The summed E-state index contributed by atoms with van der Waals surface area (Å²) < 4.78 is 0. The molecule has 2 rings (SSSR count). The second-order valence-corrected chi connectivity index (χ2v) is 7.14. The lowest BCUT2D eigenvalue weighted by molar-refractivity contribution is -0.135. The lowest BCUT2D eigenvalue weighted by atomic mass is 9.91. The van der Waals surface area contributed by atoms with Crippen LogP contribution in [0.1, 0.15) is 46.0 Å². The van der Waals surface area contributed by atoms with Crippen molar-refractivity contribution in [3.8, 4) is 0 Å². The van der Waals surface area contributed by atoms with Gasteiger partial charge in [0.25, 0.3) is 0 Å². The van der Waals surface area contributed by atoms with Gasteiger partial charge < -0.3 is 15.1 Å². The molecular weight excluding hydrogens is 278 g/mol. The Morgan fingerprint density at radius 1 is 1.05 bits per heavy atom. The van der Waals surface area contributed by atoms with Crippen molar-refractivity contribution in [2.24, 2.45) is 11.8 Å². The van der Waals surface area contributed by atoms with Gasteiger partial charge in [-0.3, -0.25) is 9.59 Å². The molecule has 2 atom stereocenters. The van der Waals surface area contributed by atoms with Gasteiger partial charge in [0, 0.05) is 39.0 Å². The van der Waals surface area contributed by atoms with Gasteiger partial charge in [0.05, 0.1) is 0 Å². The Morgan fingerprint density at radius 3 is 2.32 bits per heavy atom. The van der Waals surface area contributed by atoms with Gasteiger partial charge in [-0.2, -0.15) is 0 Å². The molecule has 0 radical (unpaired) electrons. The molecule has 2 saturated heterocycles. The van der Waals surface area contributed by atoms with Gasteiger partial charge in [0.2, 0.25) is 11.8 Å². The fraction of sp³-hybridized carbons (Fsp3) is 0.882. The third-order valence-corrected chi connectivity index (χ3v) is 4.74. The summed E-state index contributed by atoms with van der Waals surface area (Å²) in [5.74, 6) is 1.28. The van der Waals surface area contributed by atoms with Crippen molar-refractivity contribution in [1.82, 2.24) is 15.1 Å². The zero-order chi connectivity index (χ0) is 15.9. The van der Waals surface area contributed by atoms with E-state index in [0.717, 1.165) is 32.7 Å². The van der Waals surface area contributed by atoms with Gasteiger partial charge in [-0.1, -0.05) is 13.8 Å². The first kappa shape index (κ1) is 17.3. The van der Waals surface area contributed by atoms with Crippen LogP contribution >= 0.6 is 0 Å². The van der Waals surface area contributed by atoms with E-state index in [1.165, 1.54) is 19.3 Å². The average Bonchev–Trinajstić information content (AvgIpc) is 2.97. The summed E-state index contributed by atoms with van der Waals surface area (Å²) in [6, 6.07) is 0. The van der Waals surface area contributed by atoms with Crippen LogP contribution < -0.4 is 5.32 Å². The average molecular weight is 309 g/mol. The zero-order valence-electron chi connectivity index (χ0n) is 14.1. The molecule has 0 saturated carbocycles. The maximum Gasteiger partial charge on any atom is 0.223 e. The van der Waals surface area contributed by atoms with Crippen molar-refractivity contribution in [2.75, 3.05) is 39.3 Å². The smallest absolute Gasteiger partial charge is 0.223 e. The minimum Gasteiger partial charge on any atom is -0.355 e. The van der Waals surface area contributed by atoms with Gasteiger partial charge >= 0.3 is 0 Å². The Kier molecular flexibility index (Phi) is 6.68. The highest BCUT2D eigenvalue weighted by Gasteiger charge is 2.25. The monoisotopic (exact) mass is 309 g/mol. The predicted molar refractivity (Wildman–Crippen MR) is 87.4 cm³/mol. The number of rotatable bonds is 6. The molecule has 0 aromatic rings. The molecule has 2 aliphatic heterocycles. The van der Waals surface area contributed by atoms with E-state index in [2.05, 4.69) is 24.1 Å². The predicted octanol–water partition coefficient (Wildman–Crippen LogP) is 1.48. The van der Waals surface area contributed by atoms with Crippen LogP contribution in [0.3, 0.4) is 0 Å². The summed E-state index contributed by atoms with van der Waals surface area (Å²) in [5, 5.41) is 2.93. The topological polar surface area (TPSA) is 52.7 Å². The maximum atomic E-state index is 12.2. The molecule has 0 bridgehead atoms. The second kappa shape index (κ2) is 8.51. The number of carbonyl (C=O) groups excluding carboxylic acids is 2. The Labute approximate surface area is 134 Å². The first-order valence-electron chi connectivity index (χ1n) is 8.81. The van der Waals surface area contributed by atoms with Gasteiger partial charge in [0.1, 0.15) is 0 Å². The highest BCUT2D eigenvalue weighted by atomic mass is 16.2. The molecule has 2 amide bonds. The molecule has 126 valence electrons. The van der Waals surface area contributed by atoms with Crippen LogP contribution in [-0.4, -0.2) is 60.9 Å². The van der Waals surface area contributed by atoms with Crippen molar-refractivity contribution in [3.05, 3.63) is 0 Å². The molecule has 5 nitrogen and oxygen atoms in total. The zero-order valence-corrected chi connectivity index (χ0v) is 14.1. The third-order valence-electron chi connectivity index (χ3n) is 4.74. The van der Waals surface area contributed by atoms with E-state index >= 15 is 0 Å². The van der Waals surface area contributed by atoms with E-state index < -0.39 is 0 Å². The Balaban J connectivity index is 1.59. The second-order valence-electron chi connectivity index (χ2n) is 7.14. The van der Waals surface area contributed by atoms with Crippen LogP contribution in [0, 0.1) is 11.8 Å². The largest absolute Gasteiger partial charge is 0.355 e. The van der Waals surface area contributed by atoms with Crippen LogP contribution in [0.25, 0.3) is 0 Å². The van der Waals surface area contributed by atoms with Crippen LogP contribution in [0.2, 0.25) is 0 Å². The number of hydrogen-bond acceptors (Lipinski definition) is 3. The van der Waals surface area contributed by atoms with Crippen LogP contribution in [-0.2, 0) is 9.59 Å². The fourth-order valence-corrected chi connectivity index (χ4v) is 3.69. The standard InChI is InChI=1S/C17H31N3O2/c1-14-11-15(2)13-20(12-14)17(22)6-5-16(21)18-7-10-19-8-3-4-9-19/h14-15H,3-13H2,1-2H3,(H,18,21). The maximum absolute atomic E-state index is 12.2. The van der Waals surface area contributed by atoms with E-state index in [9.17, 15) is 9.59 Å². The Morgan fingerprint density at radius 2 is 1.68 bits per heavy atom. The van der Waals surface area contributed by atoms with Gasteiger partial charge in [0.15, 0.2) is 0 Å². The van der Waals surface area contributed by atoms with Crippen molar-refractivity contribution in [1.29, 1.82) is 0 Å². The fourth-order valence-electron chi connectivity index (χ4n) is 3.69. The summed E-state index contributed by atoms with van der Waals surface area (Å²) in [6.07, 6.45) is 4.40. The Bertz CT molecular complexity index is 370. The summed E-state index contributed by atoms with van der Waals surface area (Å²) in [5.41, 5.74) is 0. The van der Waals surface area contributed by atoms with Crippen LogP contribution in [0.5, 0.6) is 0 Å². The highest BCUT2D eigenvalue weighted by molar-refractivity contribution is 5.83.